The van der Waals surface area contributed by atoms with Crippen molar-refractivity contribution < 1.29 is 0 Å². The van der Waals surface area contributed by atoms with Gasteiger partial charge in [-0.05, 0) is 32.1 Å². The van der Waals surface area contributed by atoms with Gasteiger partial charge in [-0.15, -0.1) is 18.2 Å². The van der Waals surface area contributed by atoms with Crippen molar-refractivity contribution in [1.82, 2.24) is 0 Å². The fourth-order valence-electron chi connectivity index (χ4n) is 2.07. The topological polar surface area (TPSA) is 0 Å². The van der Waals surface area contributed by atoms with Gasteiger partial charge in [-0.25, -0.2) is 0 Å². The predicted molar refractivity (Wildman–Crippen MR) is 55.6 cm³/mol. The molecule has 0 radical (unpaired) electrons. The molecular weight excluding hydrogens is 168 g/mol. The number of hydrogen-bond donors (Lipinski definition) is 0. The average Bonchev–Trinajstić information content (AvgIpc) is 2.12. The van der Waals surface area contributed by atoms with Crippen LogP contribution in [0.25, 0.3) is 0 Å². The maximum absolute atomic E-state index is 6.17. The Hall–Kier alpha value is 0.0300. The molecule has 0 spiro atoms. The van der Waals surface area contributed by atoms with E-state index in [9.17, 15) is 0 Å². The Bertz CT molecular complexity index is 151. The third kappa shape index (κ3) is 3.62. The number of alkyl halides is 1. The fourth-order valence-corrected chi connectivity index (χ4v) is 2.48. The van der Waals surface area contributed by atoms with Gasteiger partial charge in [0.1, 0.15) is 0 Å². The van der Waals surface area contributed by atoms with Gasteiger partial charge >= 0.3 is 0 Å². The van der Waals surface area contributed by atoms with E-state index in [1.807, 2.05) is 0 Å². The van der Waals surface area contributed by atoms with Crippen molar-refractivity contribution in [3.05, 3.63) is 12.2 Å². The van der Waals surface area contributed by atoms with Gasteiger partial charge in [0, 0.05) is 5.38 Å². The van der Waals surface area contributed by atoms with E-state index in [-0.39, 0.29) is 0 Å². The fraction of sp³-hybridized carbons (Fsp3) is 0.818. The van der Waals surface area contributed by atoms with Crippen molar-refractivity contribution >= 4 is 11.6 Å². The molecule has 0 bridgehead atoms. The van der Waals surface area contributed by atoms with Gasteiger partial charge in [-0.1, -0.05) is 24.8 Å². The first-order valence-electron chi connectivity index (χ1n) is 4.97. The molecule has 1 heteroatoms. The lowest BCUT2D eigenvalue weighted by atomic mass is 9.93. The quantitative estimate of drug-likeness (QED) is 0.346. The van der Waals surface area contributed by atoms with Crippen LogP contribution in [0.5, 0.6) is 0 Å². The van der Waals surface area contributed by atoms with Gasteiger partial charge in [-0.2, -0.15) is 0 Å². The van der Waals surface area contributed by atoms with E-state index in [2.05, 4.69) is 13.5 Å². The van der Waals surface area contributed by atoms with Gasteiger partial charge in [0.25, 0.3) is 0 Å². The second kappa shape index (κ2) is 4.91. The number of allylic oxidation sites excluding steroid dienone is 1. The highest BCUT2D eigenvalue weighted by Gasteiger charge is 2.17. The molecule has 0 heterocycles. The Morgan fingerprint density at radius 2 is 2.08 bits per heavy atom. The Kier molecular flexibility index (Phi) is 4.14. The first kappa shape index (κ1) is 10.1. The van der Waals surface area contributed by atoms with Crippen LogP contribution in [-0.2, 0) is 0 Å². The third-order valence-electron chi connectivity index (χ3n) is 2.61. The van der Waals surface area contributed by atoms with Gasteiger partial charge < -0.3 is 0 Å². The van der Waals surface area contributed by atoms with Crippen LogP contribution in [0, 0.1) is 5.92 Å². The summed E-state index contributed by atoms with van der Waals surface area (Å²) in [6.07, 6.45) is 7.64. The molecule has 1 fully saturated rings. The maximum Gasteiger partial charge on any atom is 0.0338 e. The summed E-state index contributed by atoms with van der Waals surface area (Å²) >= 11 is 6.17. The Balaban J connectivity index is 2.35. The minimum atomic E-state index is 0.428. The molecule has 1 rings (SSSR count). The minimum absolute atomic E-state index is 0.428. The monoisotopic (exact) mass is 186 g/mol. The molecule has 0 amide bonds. The molecule has 0 nitrogen and oxygen atoms in total. The highest BCUT2D eigenvalue weighted by Crippen LogP contribution is 2.30. The van der Waals surface area contributed by atoms with Crippen molar-refractivity contribution in [1.29, 1.82) is 0 Å². The lowest BCUT2D eigenvalue weighted by molar-refractivity contribution is 0.459. The number of halogens is 1. The number of rotatable bonds is 2. The van der Waals surface area contributed by atoms with E-state index in [1.165, 1.54) is 44.1 Å². The molecule has 0 aromatic carbocycles. The summed E-state index contributed by atoms with van der Waals surface area (Å²) in [5.74, 6) is 0.812. The van der Waals surface area contributed by atoms with Crippen molar-refractivity contribution in [3.63, 3.8) is 0 Å². The molecule has 1 aliphatic carbocycles. The summed E-state index contributed by atoms with van der Waals surface area (Å²) in [6, 6.07) is 0. The summed E-state index contributed by atoms with van der Waals surface area (Å²) in [5.41, 5.74) is 1.31. The van der Waals surface area contributed by atoms with Gasteiger partial charge in [0.2, 0.25) is 0 Å². The second-order valence-corrected chi connectivity index (χ2v) is 4.76. The van der Waals surface area contributed by atoms with Crippen LogP contribution < -0.4 is 0 Å². The third-order valence-corrected chi connectivity index (χ3v) is 3.00. The lowest BCUT2D eigenvalue weighted by Crippen LogP contribution is -2.05. The Labute approximate surface area is 81.0 Å². The zero-order chi connectivity index (χ0) is 8.97. The highest BCUT2D eigenvalue weighted by atomic mass is 35.5. The van der Waals surface area contributed by atoms with E-state index < -0.39 is 0 Å². The first-order chi connectivity index (χ1) is 5.68. The summed E-state index contributed by atoms with van der Waals surface area (Å²) in [5, 5.41) is 0.428. The molecule has 1 saturated carbocycles. The SMILES string of the molecule is C=C(C)CC1CCCCC(Cl)C1. The van der Waals surface area contributed by atoms with Gasteiger partial charge in [-0.3, -0.25) is 0 Å². The smallest absolute Gasteiger partial charge is 0.0338 e. The Morgan fingerprint density at radius 3 is 2.75 bits per heavy atom. The van der Waals surface area contributed by atoms with Crippen LogP contribution in [0.3, 0.4) is 0 Å². The van der Waals surface area contributed by atoms with E-state index in [1.54, 1.807) is 0 Å². The highest BCUT2D eigenvalue weighted by molar-refractivity contribution is 6.20. The molecule has 12 heavy (non-hydrogen) atoms. The zero-order valence-corrected chi connectivity index (χ0v) is 8.74. The molecule has 0 saturated heterocycles. The predicted octanol–water partition coefficient (Wildman–Crippen LogP) is 4.14. The van der Waals surface area contributed by atoms with E-state index in [0.29, 0.717) is 5.38 Å². The maximum atomic E-state index is 6.17. The normalized spacial score (nSPS) is 31.2. The summed E-state index contributed by atoms with van der Waals surface area (Å²) < 4.78 is 0. The zero-order valence-electron chi connectivity index (χ0n) is 7.98. The standard InChI is InChI=1S/C11H19Cl/c1-9(2)7-10-5-3-4-6-11(12)8-10/h10-11H,1,3-8H2,2H3. The van der Waals surface area contributed by atoms with Crippen molar-refractivity contribution in [2.75, 3.05) is 0 Å². The van der Waals surface area contributed by atoms with Crippen LogP contribution in [0.1, 0.15) is 45.4 Å². The number of hydrogen-bond acceptors (Lipinski definition) is 0. The molecule has 1 aliphatic rings. The molecule has 2 atom stereocenters. The van der Waals surface area contributed by atoms with Crippen LogP contribution in [0.4, 0.5) is 0 Å². The molecule has 0 aromatic heterocycles. The van der Waals surface area contributed by atoms with Crippen LogP contribution in [-0.4, -0.2) is 5.38 Å². The van der Waals surface area contributed by atoms with Crippen LogP contribution >= 0.6 is 11.6 Å². The second-order valence-electron chi connectivity index (χ2n) is 4.14. The molecule has 0 N–H and O–H groups in total. The molecule has 2 unspecified atom stereocenters. The van der Waals surface area contributed by atoms with Crippen LogP contribution in [0.2, 0.25) is 0 Å². The van der Waals surface area contributed by atoms with Crippen molar-refractivity contribution in [3.8, 4) is 0 Å². The van der Waals surface area contributed by atoms with E-state index in [4.69, 9.17) is 11.6 Å². The lowest BCUT2D eigenvalue weighted by Gasteiger charge is -2.15. The molecular formula is C11H19Cl. The molecule has 0 aliphatic heterocycles. The molecule has 70 valence electrons. The largest absolute Gasteiger partial charge is 0.123 e. The van der Waals surface area contributed by atoms with E-state index >= 15 is 0 Å². The van der Waals surface area contributed by atoms with E-state index in [0.717, 1.165) is 5.92 Å². The molecule has 0 aromatic rings. The van der Waals surface area contributed by atoms with Crippen molar-refractivity contribution in [2.24, 2.45) is 5.92 Å². The van der Waals surface area contributed by atoms with Gasteiger partial charge in [0.05, 0.1) is 0 Å². The summed E-state index contributed by atoms with van der Waals surface area (Å²) in [6.45, 7) is 6.08. The summed E-state index contributed by atoms with van der Waals surface area (Å²) in [7, 11) is 0. The average molecular weight is 187 g/mol. The van der Waals surface area contributed by atoms with Crippen molar-refractivity contribution in [2.45, 2.75) is 50.8 Å². The Morgan fingerprint density at radius 1 is 1.42 bits per heavy atom. The van der Waals surface area contributed by atoms with Gasteiger partial charge in [0.15, 0.2) is 0 Å². The van der Waals surface area contributed by atoms with Crippen LogP contribution in [0.15, 0.2) is 12.2 Å². The first-order valence-corrected chi connectivity index (χ1v) is 5.40. The minimum Gasteiger partial charge on any atom is -0.123 e. The summed E-state index contributed by atoms with van der Waals surface area (Å²) in [4.78, 5) is 0.